The molecule has 0 bridgehead atoms. The van der Waals surface area contributed by atoms with Gasteiger partial charge in [0.05, 0.1) is 11.1 Å². The number of sulfonamides is 1. The number of nitrogens with zero attached hydrogens (tertiary/aromatic N) is 2. The van der Waals surface area contributed by atoms with Gasteiger partial charge in [0.15, 0.2) is 12.2 Å². The van der Waals surface area contributed by atoms with Gasteiger partial charge in [-0.2, -0.15) is 4.31 Å². The van der Waals surface area contributed by atoms with Gasteiger partial charge in [-0.3, -0.25) is 4.79 Å². The fourth-order valence-electron chi connectivity index (χ4n) is 3.54. The fourth-order valence-corrected chi connectivity index (χ4v) is 5.08. The predicted molar refractivity (Wildman–Crippen MR) is 114 cm³/mol. The average Bonchev–Trinajstić information content (AvgIpc) is 3.30. The minimum Gasteiger partial charge on any atom is -0.444 e. The molecule has 0 saturated carbocycles. The number of hydrogen-bond donors (Lipinski definition) is 1. The van der Waals surface area contributed by atoms with E-state index in [-0.39, 0.29) is 10.8 Å². The Kier molecular flexibility index (Phi) is 5.69. The Bertz CT molecular complexity index is 1130. The van der Waals surface area contributed by atoms with Crippen molar-refractivity contribution in [3.05, 3.63) is 66.2 Å². The average molecular weight is 426 g/mol. The summed E-state index contributed by atoms with van der Waals surface area (Å²) >= 11 is 0. The summed E-state index contributed by atoms with van der Waals surface area (Å²) in [7, 11) is -3.60. The van der Waals surface area contributed by atoms with Crippen molar-refractivity contribution in [2.24, 2.45) is 0 Å². The summed E-state index contributed by atoms with van der Waals surface area (Å²) in [4.78, 5) is 16.9. The second kappa shape index (κ2) is 8.41. The topological polar surface area (TPSA) is 92.5 Å². The number of hydrogen-bond acceptors (Lipinski definition) is 5. The summed E-state index contributed by atoms with van der Waals surface area (Å²) in [5.41, 5.74) is 2.50. The molecular weight excluding hydrogens is 402 g/mol. The molecule has 1 N–H and O–H groups in total. The molecule has 30 heavy (non-hydrogen) atoms. The Morgan fingerprint density at radius 3 is 2.47 bits per heavy atom. The van der Waals surface area contributed by atoms with Crippen LogP contribution in [0.1, 0.15) is 35.2 Å². The second-order valence-electron chi connectivity index (χ2n) is 7.34. The van der Waals surface area contributed by atoms with Crippen molar-refractivity contribution < 1.29 is 17.6 Å². The van der Waals surface area contributed by atoms with Crippen molar-refractivity contribution in [3.8, 4) is 11.3 Å². The summed E-state index contributed by atoms with van der Waals surface area (Å²) in [6.07, 6.45) is 5.75. The monoisotopic (exact) mass is 425 g/mol. The first-order valence-corrected chi connectivity index (χ1v) is 11.3. The molecule has 2 heterocycles. The number of amides is 1. The first-order chi connectivity index (χ1) is 14.4. The minimum absolute atomic E-state index is 0.154. The summed E-state index contributed by atoms with van der Waals surface area (Å²) in [6.45, 7) is 2.84. The highest BCUT2D eigenvalue weighted by atomic mass is 32.2. The van der Waals surface area contributed by atoms with Gasteiger partial charge in [0.2, 0.25) is 10.0 Å². The van der Waals surface area contributed by atoms with Crippen LogP contribution < -0.4 is 5.32 Å². The number of carbonyl (C=O) groups is 1. The standard InChI is InChI=1S/C22H23N3O4S/c1-16-5-10-19(30(27,28)25-11-3-2-4-12-25)13-20(16)22(26)24-18-8-6-17(7-9-18)21-14-23-15-29-21/h5-10,13-15H,2-4,11-12H2,1H3,(H,24,26). The molecule has 1 saturated heterocycles. The lowest BCUT2D eigenvalue weighted by Crippen LogP contribution is -2.35. The third-order valence-corrected chi connectivity index (χ3v) is 7.16. The highest BCUT2D eigenvalue weighted by Crippen LogP contribution is 2.24. The first kappa shape index (κ1) is 20.3. The van der Waals surface area contributed by atoms with Gasteiger partial charge in [0.25, 0.3) is 5.91 Å². The molecule has 4 rings (SSSR count). The maximum Gasteiger partial charge on any atom is 0.255 e. The van der Waals surface area contributed by atoms with E-state index in [2.05, 4.69) is 10.3 Å². The van der Waals surface area contributed by atoms with Crippen LogP contribution in [0.5, 0.6) is 0 Å². The highest BCUT2D eigenvalue weighted by Gasteiger charge is 2.27. The van der Waals surface area contributed by atoms with Crippen LogP contribution in [0.3, 0.4) is 0 Å². The van der Waals surface area contributed by atoms with Gasteiger partial charge in [-0.05, 0) is 61.7 Å². The van der Waals surface area contributed by atoms with Crippen LogP contribution in [0.2, 0.25) is 0 Å². The van der Waals surface area contributed by atoms with E-state index in [1.54, 1.807) is 37.4 Å². The fraction of sp³-hybridized carbons (Fsp3) is 0.273. The number of piperidine rings is 1. The summed E-state index contributed by atoms with van der Waals surface area (Å²) in [6, 6.07) is 11.9. The molecule has 8 heteroatoms. The number of aromatic nitrogens is 1. The van der Waals surface area contributed by atoms with E-state index >= 15 is 0 Å². The zero-order valence-corrected chi connectivity index (χ0v) is 17.5. The molecule has 156 valence electrons. The van der Waals surface area contributed by atoms with Crippen LogP contribution in [0, 0.1) is 6.92 Å². The molecule has 2 aromatic carbocycles. The normalized spacial score (nSPS) is 15.1. The molecule has 0 atom stereocenters. The van der Waals surface area contributed by atoms with Crippen molar-refractivity contribution in [1.29, 1.82) is 0 Å². The lowest BCUT2D eigenvalue weighted by molar-refractivity contribution is 0.102. The maximum atomic E-state index is 13.0. The van der Waals surface area contributed by atoms with Crippen molar-refractivity contribution in [1.82, 2.24) is 9.29 Å². The molecule has 7 nitrogen and oxygen atoms in total. The van der Waals surface area contributed by atoms with Crippen LogP contribution in [-0.4, -0.2) is 36.7 Å². The molecule has 0 radical (unpaired) electrons. The number of benzene rings is 2. The molecule has 0 aliphatic carbocycles. The number of rotatable bonds is 5. The smallest absolute Gasteiger partial charge is 0.255 e. The SMILES string of the molecule is Cc1ccc(S(=O)(=O)N2CCCCC2)cc1C(=O)Nc1ccc(-c2cnco2)cc1. The van der Waals surface area contributed by atoms with Crippen molar-refractivity contribution in [3.63, 3.8) is 0 Å². The predicted octanol–water partition coefficient (Wildman–Crippen LogP) is 4.08. The van der Waals surface area contributed by atoms with Crippen LogP contribution >= 0.6 is 0 Å². The molecule has 1 aromatic heterocycles. The molecule has 1 aliphatic heterocycles. The van der Waals surface area contributed by atoms with Crippen molar-refractivity contribution in [2.75, 3.05) is 18.4 Å². The first-order valence-electron chi connectivity index (χ1n) is 9.86. The molecule has 1 fully saturated rings. The van der Waals surface area contributed by atoms with Gasteiger partial charge >= 0.3 is 0 Å². The van der Waals surface area contributed by atoms with Crippen molar-refractivity contribution >= 4 is 21.6 Å². The van der Waals surface area contributed by atoms with E-state index in [9.17, 15) is 13.2 Å². The summed E-state index contributed by atoms with van der Waals surface area (Å²) < 4.78 is 32.7. The van der Waals surface area contributed by atoms with Crippen LogP contribution in [0.25, 0.3) is 11.3 Å². The van der Waals surface area contributed by atoms with Crippen LogP contribution in [0.4, 0.5) is 5.69 Å². The molecule has 0 unspecified atom stereocenters. The molecule has 0 spiro atoms. The second-order valence-corrected chi connectivity index (χ2v) is 9.28. The Hall–Kier alpha value is -2.97. The van der Waals surface area contributed by atoms with Gasteiger partial charge in [-0.1, -0.05) is 12.5 Å². The Morgan fingerprint density at radius 2 is 1.80 bits per heavy atom. The molecule has 1 aliphatic rings. The third kappa shape index (κ3) is 4.15. The Morgan fingerprint density at radius 1 is 1.07 bits per heavy atom. The molecule has 1 amide bonds. The molecular formula is C22H23N3O4S. The Labute approximate surface area is 175 Å². The van der Waals surface area contributed by atoms with E-state index in [0.717, 1.165) is 24.8 Å². The lowest BCUT2D eigenvalue weighted by Gasteiger charge is -2.26. The largest absolute Gasteiger partial charge is 0.444 e. The van der Waals surface area contributed by atoms with Gasteiger partial charge in [-0.15, -0.1) is 0 Å². The number of anilines is 1. The highest BCUT2D eigenvalue weighted by molar-refractivity contribution is 7.89. The van der Waals surface area contributed by atoms with E-state index in [1.807, 2.05) is 12.1 Å². The Balaban J connectivity index is 1.54. The quantitative estimate of drug-likeness (QED) is 0.665. The van der Waals surface area contributed by atoms with E-state index in [1.165, 1.54) is 16.8 Å². The van der Waals surface area contributed by atoms with Gasteiger partial charge in [-0.25, -0.2) is 13.4 Å². The number of oxazole rings is 1. The van der Waals surface area contributed by atoms with Crippen LogP contribution in [0.15, 0.2) is 64.4 Å². The van der Waals surface area contributed by atoms with Gasteiger partial charge < -0.3 is 9.73 Å². The minimum atomic E-state index is -3.60. The summed E-state index contributed by atoms with van der Waals surface area (Å²) in [5.74, 6) is 0.287. The maximum absolute atomic E-state index is 13.0. The van der Waals surface area contributed by atoms with E-state index < -0.39 is 10.0 Å². The van der Waals surface area contributed by atoms with E-state index in [0.29, 0.717) is 35.7 Å². The zero-order valence-electron chi connectivity index (χ0n) is 16.7. The third-order valence-electron chi connectivity index (χ3n) is 5.27. The summed E-state index contributed by atoms with van der Waals surface area (Å²) in [5, 5.41) is 2.84. The van der Waals surface area contributed by atoms with Crippen LogP contribution in [-0.2, 0) is 10.0 Å². The number of aryl methyl sites for hydroxylation is 1. The lowest BCUT2D eigenvalue weighted by atomic mass is 10.1. The zero-order chi connectivity index (χ0) is 21.1. The van der Waals surface area contributed by atoms with Crippen molar-refractivity contribution in [2.45, 2.75) is 31.1 Å². The molecule has 3 aromatic rings. The van der Waals surface area contributed by atoms with E-state index in [4.69, 9.17) is 4.42 Å². The number of carbonyl (C=O) groups excluding carboxylic acids is 1. The van der Waals surface area contributed by atoms with Gasteiger partial charge in [0, 0.05) is 29.9 Å². The number of nitrogens with one attached hydrogen (secondary N) is 1. The van der Waals surface area contributed by atoms with Gasteiger partial charge in [0.1, 0.15) is 0 Å².